The van der Waals surface area contributed by atoms with E-state index in [1.165, 1.54) is 0 Å². The molecule has 0 radical (unpaired) electrons. The molecule has 0 aliphatic heterocycles. The van der Waals surface area contributed by atoms with Gasteiger partial charge in [-0.1, -0.05) is 42.5 Å². The molecule has 140 valence electrons. The van der Waals surface area contributed by atoms with Crippen molar-refractivity contribution in [3.8, 4) is 5.75 Å². The molecular formula is C19H23NO4S2. The topological polar surface area (TPSA) is 72.5 Å². The second-order valence-electron chi connectivity index (χ2n) is 5.79. The van der Waals surface area contributed by atoms with Gasteiger partial charge in [0.1, 0.15) is 5.75 Å². The Kier molecular flexibility index (Phi) is 7.68. The van der Waals surface area contributed by atoms with Gasteiger partial charge in [-0.05, 0) is 17.7 Å². The van der Waals surface area contributed by atoms with Crippen LogP contribution in [0.15, 0.2) is 54.6 Å². The van der Waals surface area contributed by atoms with E-state index in [1.54, 1.807) is 18.9 Å². The normalized spacial score (nSPS) is 12.5. The van der Waals surface area contributed by atoms with Crippen molar-refractivity contribution >= 4 is 27.6 Å². The SMILES string of the molecule is COc1ccc(C(CC(=O)c2ccccc2)SCCNS(C)(=O)=O)cc1. The van der Waals surface area contributed by atoms with E-state index in [1.807, 2.05) is 54.6 Å². The number of thioether (sulfide) groups is 1. The van der Waals surface area contributed by atoms with Crippen LogP contribution in [0.1, 0.15) is 27.6 Å². The number of carbonyl (C=O) groups is 1. The molecule has 0 fully saturated rings. The molecule has 0 saturated carbocycles. The predicted octanol–water partition coefficient (Wildman–Crippen LogP) is 3.29. The van der Waals surface area contributed by atoms with Crippen LogP contribution in [0.25, 0.3) is 0 Å². The van der Waals surface area contributed by atoms with Crippen LogP contribution in [0.4, 0.5) is 0 Å². The molecule has 0 heterocycles. The van der Waals surface area contributed by atoms with Crippen LogP contribution in [0.2, 0.25) is 0 Å². The molecule has 26 heavy (non-hydrogen) atoms. The van der Waals surface area contributed by atoms with Gasteiger partial charge in [0.05, 0.1) is 13.4 Å². The van der Waals surface area contributed by atoms with Gasteiger partial charge in [-0.25, -0.2) is 13.1 Å². The molecule has 2 aromatic rings. The highest BCUT2D eigenvalue weighted by molar-refractivity contribution is 7.99. The molecule has 1 unspecified atom stereocenters. The maximum Gasteiger partial charge on any atom is 0.208 e. The van der Waals surface area contributed by atoms with Crippen molar-refractivity contribution in [2.24, 2.45) is 0 Å². The Hall–Kier alpha value is -1.83. The Morgan fingerprint density at radius 2 is 1.77 bits per heavy atom. The molecule has 0 aliphatic rings. The second kappa shape index (κ2) is 9.75. The lowest BCUT2D eigenvalue weighted by molar-refractivity contribution is 0.0982. The van der Waals surface area contributed by atoms with Crippen molar-refractivity contribution in [3.63, 3.8) is 0 Å². The number of hydrogen-bond acceptors (Lipinski definition) is 5. The number of rotatable bonds is 10. The van der Waals surface area contributed by atoms with E-state index >= 15 is 0 Å². The maximum atomic E-state index is 12.6. The Bertz CT molecular complexity index is 805. The van der Waals surface area contributed by atoms with Crippen LogP contribution in [0.3, 0.4) is 0 Å². The number of Topliss-reactive ketones (excluding diaryl/α,β-unsaturated/α-hetero) is 1. The molecule has 2 aromatic carbocycles. The third-order valence-corrected chi connectivity index (χ3v) is 5.75. The van der Waals surface area contributed by atoms with Gasteiger partial charge in [-0.2, -0.15) is 11.8 Å². The Balaban J connectivity index is 2.08. The summed E-state index contributed by atoms with van der Waals surface area (Å²) in [7, 11) is -1.60. The van der Waals surface area contributed by atoms with Crippen molar-refractivity contribution < 1.29 is 17.9 Å². The smallest absolute Gasteiger partial charge is 0.208 e. The second-order valence-corrected chi connectivity index (χ2v) is 8.94. The maximum absolute atomic E-state index is 12.6. The molecule has 0 aromatic heterocycles. The van der Waals surface area contributed by atoms with Crippen LogP contribution in [0.5, 0.6) is 5.75 Å². The molecule has 0 bridgehead atoms. The van der Waals surface area contributed by atoms with Crippen molar-refractivity contribution in [2.75, 3.05) is 25.7 Å². The Morgan fingerprint density at radius 3 is 2.35 bits per heavy atom. The number of benzene rings is 2. The summed E-state index contributed by atoms with van der Waals surface area (Å²) < 4.78 is 30.0. The molecular weight excluding hydrogens is 370 g/mol. The lowest BCUT2D eigenvalue weighted by atomic mass is 10.0. The first-order valence-corrected chi connectivity index (χ1v) is 11.1. The van der Waals surface area contributed by atoms with Gasteiger partial charge in [0, 0.05) is 29.5 Å². The quantitative estimate of drug-likeness (QED) is 0.495. The molecule has 7 heteroatoms. The number of sulfonamides is 1. The summed E-state index contributed by atoms with van der Waals surface area (Å²) in [5, 5.41) is -0.0602. The van der Waals surface area contributed by atoms with Crippen LogP contribution in [-0.2, 0) is 10.0 Å². The summed E-state index contributed by atoms with van der Waals surface area (Å²) in [4.78, 5) is 12.6. The van der Waals surface area contributed by atoms with E-state index < -0.39 is 10.0 Å². The van der Waals surface area contributed by atoms with Gasteiger partial charge < -0.3 is 4.74 Å². The number of hydrogen-bond donors (Lipinski definition) is 1. The van der Waals surface area contributed by atoms with Gasteiger partial charge in [0.15, 0.2) is 5.78 Å². The molecule has 0 amide bonds. The fraction of sp³-hybridized carbons (Fsp3) is 0.316. The van der Waals surface area contributed by atoms with Gasteiger partial charge in [-0.3, -0.25) is 4.79 Å². The minimum absolute atomic E-state index is 0.0602. The van der Waals surface area contributed by atoms with E-state index in [0.717, 1.165) is 17.6 Å². The summed E-state index contributed by atoms with van der Waals surface area (Å²) in [6.07, 6.45) is 1.48. The minimum atomic E-state index is -3.21. The third kappa shape index (κ3) is 6.82. The van der Waals surface area contributed by atoms with E-state index in [9.17, 15) is 13.2 Å². The highest BCUT2D eigenvalue weighted by Gasteiger charge is 2.18. The fourth-order valence-electron chi connectivity index (χ4n) is 2.43. The first-order valence-electron chi connectivity index (χ1n) is 8.17. The van der Waals surface area contributed by atoms with E-state index in [2.05, 4.69) is 4.72 Å². The molecule has 0 spiro atoms. The van der Waals surface area contributed by atoms with Crippen LogP contribution >= 0.6 is 11.8 Å². The highest BCUT2D eigenvalue weighted by atomic mass is 32.2. The van der Waals surface area contributed by atoms with Crippen molar-refractivity contribution in [1.82, 2.24) is 4.72 Å². The zero-order valence-corrected chi connectivity index (χ0v) is 16.5. The van der Waals surface area contributed by atoms with E-state index in [0.29, 0.717) is 24.3 Å². The molecule has 0 aliphatic carbocycles. The average Bonchev–Trinajstić information content (AvgIpc) is 2.64. The number of methoxy groups -OCH3 is 1. The molecule has 1 N–H and O–H groups in total. The van der Waals surface area contributed by atoms with Crippen LogP contribution in [0, 0.1) is 0 Å². The third-order valence-electron chi connectivity index (χ3n) is 3.74. The number of nitrogens with one attached hydrogen (secondary N) is 1. The Labute approximate surface area is 159 Å². The summed E-state index contributed by atoms with van der Waals surface area (Å²) in [6, 6.07) is 16.8. The number of ketones is 1. The highest BCUT2D eigenvalue weighted by Crippen LogP contribution is 2.34. The van der Waals surface area contributed by atoms with Crippen LogP contribution < -0.4 is 9.46 Å². The average molecular weight is 394 g/mol. The first-order chi connectivity index (χ1) is 12.4. The summed E-state index contributed by atoms with van der Waals surface area (Å²) in [5.41, 5.74) is 1.69. The fourth-order valence-corrected chi connectivity index (χ4v) is 4.16. The van der Waals surface area contributed by atoms with Gasteiger partial charge in [0.25, 0.3) is 0 Å². The minimum Gasteiger partial charge on any atom is -0.497 e. The summed E-state index contributed by atoms with van der Waals surface area (Å²) in [6.45, 7) is 0.329. The van der Waals surface area contributed by atoms with E-state index in [4.69, 9.17) is 4.74 Å². The zero-order chi connectivity index (χ0) is 19.0. The molecule has 5 nitrogen and oxygen atoms in total. The summed E-state index contributed by atoms with van der Waals surface area (Å²) in [5.74, 6) is 1.40. The zero-order valence-electron chi connectivity index (χ0n) is 14.8. The number of carbonyl (C=O) groups excluding carboxylic acids is 1. The monoisotopic (exact) mass is 393 g/mol. The lowest BCUT2D eigenvalue weighted by Gasteiger charge is -2.17. The van der Waals surface area contributed by atoms with Crippen LogP contribution in [-0.4, -0.2) is 39.9 Å². The van der Waals surface area contributed by atoms with Crippen molar-refractivity contribution in [1.29, 1.82) is 0 Å². The van der Waals surface area contributed by atoms with Crippen molar-refractivity contribution in [3.05, 3.63) is 65.7 Å². The molecule has 0 saturated heterocycles. The Morgan fingerprint density at radius 1 is 1.12 bits per heavy atom. The standard InChI is InChI=1S/C19H23NO4S2/c1-24-17-10-8-16(9-11-17)19(25-13-12-20-26(2,22)23)14-18(21)15-6-4-3-5-7-15/h3-11,19-20H,12-14H2,1-2H3. The summed E-state index contributed by atoms with van der Waals surface area (Å²) >= 11 is 1.56. The number of ether oxygens (including phenoxy) is 1. The largest absolute Gasteiger partial charge is 0.497 e. The van der Waals surface area contributed by atoms with Gasteiger partial charge in [-0.15, -0.1) is 0 Å². The van der Waals surface area contributed by atoms with Crippen molar-refractivity contribution in [2.45, 2.75) is 11.7 Å². The van der Waals surface area contributed by atoms with E-state index in [-0.39, 0.29) is 11.0 Å². The van der Waals surface area contributed by atoms with Gasteiger partial charge >= 0.3 is 0 Å². The molecule has 1 atom stereocenters. The predicted molar refractivity (Wildman–Crippen MR) is 106 cm³/mol. The first kappa shape index (κ1) is 20.5. The lowest BCUT2D eigenvalue weighted by Crippen LogP contribution is -2.24. The molecule has 2 rings (SSSR count). The van der Waals surface area contributed by atoms with Gasteiger partial charge in [0.2, 0.25) is 10.0 Å².